The molecule has 1 saturated heterocycles. The summed E-state index contributed by atoms with van der Waals surface area (Å²) in [5.74, 6) is 0.856. The number of carbonyl (C=O) groups is 1. The molecule has 7 nitrogen and oxygen atoms in total. The van der Waals surface area contributed by atoms with Crippen LogP contribution in [0.25, 0.3) is 10.9 Å². The molecule has 172 valence electrons. The molecule has 0 unspecified atom stereocenters. The first kappa shape index (κ1) is 22.3. The Bertz CT molecular complexity index is 1460. The van der Waals surface area contributed by atoms with E-state index in [1.807, 2.05) is 35.2 Å². The number of hydrogen-bond acceptors (Lipinski definition) is 5. The van der Waals surface area contributed by atoms with Crippen molar-refractivity contribution in [2.75, 3.05) is 31.1 Å². The zero-order valence-electron chi connectivity index (χ0n) is 18.3. The molecule has 2 aromatic carbocycles. The van der Waals surface area contributed by atoms with Gasteiger partial charge in [0.25, 0.3) is 11.5 Å². The number of hydrogen-bond donors (Lipinski definition) is 1. The first-order valence-corrected chi connectivity index (χ1v) is 11.7. The van der Waals surface area contributed by atoms with Crippen LogP contribution in [-0.4, -0.2) is 51.5 Å². The topological polar surface area (TPSA) is 74.2 Å². The molecule has 0 aliphatic carbocycles. The van der Waals surface area contributed by atoms with Gasteiger partial charge in [0, 0.05) is 43.0 Å². The summed E-state index contributed by atoms with van der Waals surface area (Å²) in [6.07, 6.45) is 1.77. The van der Waals surface area contributed by atoms with Crippen LogP contribution in [0.1, 0.15) is 15.9 Å². The van der Waals surface area contributed by atoms with Crippen LogP contribution in [0.2, 0.25) is 5.02 Å². The third-order valence-corrected chi connectivity index (χ3v) is 6.60. The number of fused-ring (bicyclic) bond motifs is 1. The van der Waals surface area contributed by atoms with Gasteiger partial charge in [-0.05, 0) is 60.2 Å². The molecule has 0 spiro atoms. The quantitative estimate of drug-likeness (QED) is 0.435. The minimum atomic E-state index is -0.198. The average molecular weight is 492 g/mol. The average Bonchev–Trinajstić information content (AvgIpc) is 2.87. The van der Waals surface area contributed by atoms with E-state index in [0.717, 1.165) is 11.4 Å². The summed E-state index contributed by atoms with van der Waals surface area (Å²) in [5, 5.41) is 1.12. The fraction of sp³-hybridized carbons (Fsp3) is 0.200. The van der Waals surface area contributed by atoms with Gasteiger partial charge in [0.1, 0.15) is 5.82 Å². The van der Waals surface area contributed by atoms with Crippen LogP contribution in [-0.2, 0) is 6.54 Å². The van der Waals surface area contributed by atoms with Crippen LogP contribution in [0.4, 0.5) is 5.82 Å². The first-order valence-electron chi connectivity index (χ1n) is 11.0. The summed E-state index contributed by atoms with van der Waals surface area (Å²) in [4.78, 5) is 37.8. The molecule has 4 aromatic rings. The van der Waals surface area contributed by atoms with Crippen LogP contribution >= 0.6 is 23.8 Å². The van der Waals surface area contributed by atoms with E-state index in [0.29, 0.717) is 59.0 Å². The molecular weight excluding hydrogens is 470 g/mol. The lowest BCUT2D eigenvalue weighted by molar-refractivity contribution is 0.0746. The number of nitrogens with zero attached hydrogens (tertiary/aromatic N) is 4. The van der Waals surface area contributed by atoms with Crippen molar-refractivity contribution in [1.82, 2.24) is 19.4 Å². The Morgan fingerprint density at radius 1 is 1.03 bits per heavy atom. The molecule has 34 heavy (non-hydrogen) atoms. The van der Waals surface area contributed by atoms with Crippen molar-refractivity contribution in [2.24, 2.45) is 0 Å². The summed E-state index contributed by atoms with van der Waals surface area (Å²) in [7, 11) is 0. The molecule has 3 heterocycles. The lowest BCUT2D eigenvalue weighted by Crippen LogP contribution is -2.49. The molecule has 1 fully saturated rings. The third-order valence-electron chi connectivity index (χ3n) is 6.02. The van der Waals surface area contributed by atoms with Gasteiger partial charge in [-0.1, -0.05) is 29.8 Å². The second kappa shape index (κ2) is 9.40. The van der Waals surface area contributed by atoms with Crippen molar-refractivity contribution in [3.05, 3.63) is 98.1 Å². The maximum atomic E-state index is 13.1. The van der Waals surface area contributed by atoms with Crippen molar-refractivity contribution < 1.29 is 4.79 Å². The first-order chi connectivity index (χ1) is 16.5. The van der Waals surface area contributed by atoms with Crippen molar-refractivity contribution in [1.29, 1.82) is 0 Å². The lowest BCUT2D eigenvalue weighted by Gasteiger charge is -2.35. The van der Waals surface area contributed by atoms with Gasteiger partial charge in [-0.2, -0.15) is 0 Å². The second-order valence-electron chi connectivity index (χ2n) is 8.18. The van der Waals surface area contributed by atoms with Crippen molar-refractivity contribution in [2.45, 2.75) is 6.54 Å². The minimum absolute atomic E-state index is 0.0627. The van der Waals surface area contributed by atoms with E-state index in [1.54, 1.807) is 36.5 Å². The molecular formula is C25H22ClN5O2S. The molecule has 1 aliphatic rings. The highest BCUT2D eigenvalue weighted by molar-refractivity contribution is 7.71. The second-order valence-corrected chi connectivity index (χ2v) is 9.00. The van der Waals surface area contributed by atoms with E-state index in [1.165, 1.54) is 4.57 Å². The number of aromatic nitrogens is 3. The lowest BCUT2D eigenvalue weighted by atomic mass is 10.1. The Morgan fingerprint density at radius 2 is 1.79 bits per heavy atom. The van der Waals surface area contributed by atoms with Crippen molar-refractivity contribution in [3.63, 3.8) is 0 Å². The van der Waals surface area contributed by atoms with Crippen molar-refractivity contribution in [3.8, 4) is 0 Å². The summed E-state index contributed by atoms with van der Waals surface area (Å²) >= 11 is 11.4. The number of benzene rings is 2. The van der Waals surface area contributed by atoms with Gasteiger partial charge in [-0.3, -0.25) is 14.2 Å². The predicted octanol–water partition coefficient (Wildman–Crippen LogP) is 4.12. The number of piperazine rings is 1. The van der Waals surface area contributed by atoms with Gasteiger partial charge in [0.05, 0.1) is 17.4 Å². The third kappa shape index (κ3) is 4.47. The largest absolute Gasteiger partial charge is 0.353 e. The fourth-order valence-electron chi connectivity index (χ4n) is 4.17. The maximum Gasteiger partial charge on any atom is 0.262 e. The van der Waals surface area contributed by atoms with Gasteiger partial charge in [0.15, 0.2) is 4.77 Å². The fourth-order valence-corrected chi connectivity index (χ4v) is 4.55. The molecule has 0 bridgehead atoms. The van der Waals surface area contributed by atoms with E-state index in [-0.39, 0.29) is 11.5 Å². The molecule has 1 aliphatic heterocycles. The Labute approximate surface area is 206 Å². The van der Waals surface area contributed by atoms with E-state index in [2.05, 4.69) is 14.9 Å². The number of rotatable bonds is 4. The number of aromatic amines is 1. The zero-order chi connectivity index (χ0) is 23.7. The van der Waals surface area contributed by atoms with Crippen LogP contribution in [0.15, 0.2) is 71.7 Å². The maximum absolute atomic E-state index is 13.1. The Kier molecular flexibility index (Phi) is 6.17. The summed E-state index contributed by atoms with van der Waals surface area (Å²) in [6, 6.07) is 18.2. The van der Waals surface area contributed by atoms with Gasteiger partial charge < -0.3 is 14.8 Å². The predicted molar refractivity (Wildman–Crippen MR) is 136 cm³/mol. The highest BCUT2D eigenvalue weighted by atomic mass is 35.5. The van der Waals surface area contributed by atoms with E-state index in [9.17, 15) is 9.59 Å². The molecule has 0 atom stereocenters. The molecule has 1 amide bonds. The molecule has 2 aromatic heterocycles. The van der Waals surface area contributed by atoms with Gasteiger partial charge in [-0.25, -0.2) is 4.98 Å². The van der Waals surface area contributed by atoms with Gasteiger partial charge >= 0.3 is 0 Å². The number of H-pyrrole nitrogens is 1. The number of carbonyl (C=O) groups excluding carboxylic acids is 1. The zero-order valence-corrected chi connectivity index (χ0v) is 19.9. The summed E-state index contributed by atoms with van der Waals surface area (Å²) in [5.41, 5.74) is 1.80. The minimum Gasteiger partial charge on any atom is -0.353 e. The molecule has 0 radical (unpaired) electrons. The van der Waals surface area contributed by atoms with Crippen LogP contribution in [0, 0.1) is 4.77 Å². The van der Waals surface area contributed by atoms with Crippen molar-refractivity contribution >= 4 is 46.4 Å². The number of halogens is 1. The van der Waals surface area contributed by atoms with Gasteiger partial charge in [0.2, 0.25) is 0 Å². The highest BCUT2D eigenvalue weighted by Crippen LogP contribution is 2.17. The van der Waals surface area contributed by atoms with Crippen LogP contribution in [0.3, 0.4) is 0 Å². The Hall–Kier alpha value is -3.49. The number of amides is 1. The normalized spacial score (nSPS) is 13.9. The smallest absolute Gasteiger partial charge is 0.262 e. The van der Waals surface area contributed by atoms with E-state index >= 15 is 0 Å². The molecule has 9 heteroatoms. The molecule has 5 rings (SSSR count). The standard InChI is InChI=1S/C25H22ClN5O2S/c26-19-7-4-17(5-8-19)16-31-24(33)20-9-6-18(15-21(20)28-25(31)34)23(32)30-13-11-29(12-14-30)22-3-1-2-10-27-22/h1-10,15H,11-14,16H2,(H,28,34). The number of anilines is 1. The number of pyridine rings is 1. The summed E-state index contributed by atoms with van der Waals surface area (Å²) < 4.78 is 1.82. The van der Waals surface area contributed by atoms with E-state index in [4.69, 9.17) is 23.8 Å². The monoisotopic (exact) mass is 491 g/mol. The molecule has 1 N–H and O–H groups in total. The van der Waals surface area contributed by atoms with E-state index < -0.39 is 0 Å². The Morgan fingerprint density at radius 3 is 2.50 bits per heavy atom. The Balaban J connectivity index is 1.36. The highest BCUT2D eigenvalue weighted by Gasteiger charge is 2.23. The number of nitrogens with one attached hydrogen (secondary N) is 1. The van der Waals surface area contributed by atoms with Crippen LogP contribution in [0.5, 0.6) is 0 Å². The van der Waals surface area contributed by atoms with Gasteiger partial charge in [-0.15, -0.1) is 0 Å². The molecule has 0 saturated carbocycles. The van der Waals surface area contributed by atoms with Crippen LogP contribution < -0.4 is 10.5 Å². The summed E-state index contributed by atoms with van der Waals surface area (Å²) in [6.45, 7) is 2.98. The SMILES string of the molecule is O=C(c1ccc2c(=O)n(Cc3ccc(Cl)cc3)c(=S)[nH]c2c1)N1CCN(c2ccccn2)CC1.